The van der Waals surface area contributed by atoms with Crippen molar-refractivity contribution in [1.82, 2.24) is 0 Å². The zero-order chi connectivity index (χ0) is 10.6. The smallest absolute Gasteiger partial charge is 0.0435 e. The van der Waals surface area contributed by atoms with E-state index >= 15 is 0 Å². The highest BCUT2D eigenvalue weighted by Gasteiger charge is 2.01. The first-order valence-electron chi connectivity index (χ1n) is 5.01. The van der Waals surface area contributed by atoms with Crippen molar-refractivity contribution in [2.24, 2.45) is 5.92 Å². The van der Waals surface area contributed by atoms with Crippen LogP contribution in [0.25, 0.3) is 0 Å². The molecule has 0 aromatic heterocycles. The van der Waals surface area contributed by atoms with E-state index < -0.39 is 0 Å². The zero-order valence-corrected chi connectivity index (χ0v) is 9.81. The van der Waals surface area contributed by atoms with Gasteiger partial charge in [0, 0.05) is 5.02 Å². The summed E-state index contributed by atoms with van der Waals surface area (Å²) in [4.78, 5) is 0. The Kier molecular flexibility index (Phi) is 4.21. The summed E-state index contributed by atoms with van der Waals surface area (Å²) in [7, 11) is 0. The van der Waals surface area contributed by atoms with E-state index in [4.69, 9.17) is 11.6 Å². The van der Waals surface area contributed by atoms with Crippen LogP contribution >= 0.6 is 11.6 Å². The highest BCUT2D eigenvalue weighted by molar-refractivity contribution is 6.31. The second-order valence-electron chi connectivity index (χ2n) is 3.79. The third-order valence-corrected chi connectivity index (χ3v) is 2.73. The van der Waals surface area contributed by atoms with Crippen molar-refractivity contribution in [3.8, 4) is 0 Å². The Morgan fingerprint density at radius 1 is 1.43 bits per heavy atom. The van der Waals surface area contributed by atoms with Crippen LogP contribution in [0.5, 0.6) is 0 Å². The molecule has 0 saturated carbocycles. The molecule has 0 bridgehead atoms. The molecule has 0 amide bonds. The highest BCUT2D eigenvalue weighted by Crippen LogP contribution is 2.18. The molecule has 1 atom stereocenters. The maximum atomic E-state index is 5.96. The van der Waals surface area contributed by atoms with Crippen LogP contribution in [0, 0.1) is 12.8 Å². The van der Waals surface area contributed by atoms with Crippen LogP contribution in [0.1, 0.15) is 25.0 Å². The lowest BCUT2D eigenvalue weighted by Gasteiger charge is -2.07. The van der Waals surface area contributed by atoms with Gasteiger partial charge in [0.05, 0.1) is 0 Å². The number of aryl methyl sites for hydroxylation is 1. The van der Waals surface area contributed by atoms with Crippen LogP contribution in [-0.2, 0) is 6.42 Å². The van der Waals surface area contributed by atoms with Gasteiger partial charge in [-0.05, 0) is 43.4 Å². The Balaban J connectivity index is 2.73. The van der Waals surface area contributed by atoms with E-state index in [-0.39, 0.29) is 0 Å². The third-order valence-electron chi connectivity index (χ3n) is 2.30. The van der Waals surface area contributed by atoms with Gasteiger partial charge in [-0.3, -0.25) is 0 Å². The van der Waals surface area contributed by atoms with Crippen molar-refractivity contribution in [3.05, 3.63) is 46.5 Å². The number of hydrogen-bond donors (Lipinski definition) is 0. The van der Waals surface area contributed by atoms with Crippen molar-refractivity contribution < 1.29 is 0 Å². The molecule has 0 heterocycles. The zero-order valence-electron chi connectivity index (χ0n) is 9.05. The molecular weight excluding hydrogens is 192 g/mol. The van der Waals surface area contributed by atoms with E-state index in [0.717, 1.165) is 17.0 Å². The molecule has 0 saturated heterocycles. The molecular formula is C13H17Cl. The summed E-state index contributed by atoms with van der Waals surface area (Å²) in [5.41, 5.74) is 2.52. The first kappa shape index (κ1) is 11.3. The minimum atomic E-state index is 0.598. The predicted octanol–water partition coefficient (Wildman–Crippen LogP) is 4.40. The van der Waals surface area contributed by atoms with E-state index in [0.29, 0.717) is 5.92 Å². The molecule has 0 aliphatic rings. The van der Waals surface area contributed by atoms with Gasteiger partial charge in [-0.15, -0.1) is 0 Å². The van der Waals surface area contributed by atoms with Crippen LogP contribution < -0.4 is 0 Å². The second kappa shape index (κ2) is 5.21. The van der Waals surface area contributed by atoms with Gasteiger partial charge in [0.2, 0.25) is 0 Å². The lowest BCUT2D eigenvalue weighted by atomic mass is 9.99. The molecule has 76 valence electrons. The highest BCUT2D eigenvalue weighted by atomic mass is 35.5. The minimum absolute atomic E-state index is 0.598. The largest absolute Gasteiger partial charge is 0.0914 e. The Labute approximate surface area is 91.6 Å². The van der Waals surface area contributed by atoms with E-state index in [1.807, 2.05) is 13.0 Å². The van der Waals surface area contributed by atoms with Gasteiger partial charge in [0.1, 0.15) is 0 Å². The molecule has 0 N–H and O–H groups in total. The van der Waals surface area contributed by atoms with Crippen molar-refractivity contribution in [2.45, 2.75) is 27.2 Å². The van der Waals surface area contributed by atoms with Gasteiger partial charge in [-0.2, -0.15) is 0 Å². The van der Waals surface area contributed by atoms with Gasteiger partial charge in [-0.1, -0.05) is 42.8 Å². The van der Waals surface area contributed by atoms with E-state index in [9.17, 15) is 0 Å². The summed E-state index contributed by atoms with van der Waals surface area (Å²) in [6, 6.07) is 6.26. The molecule has 0 spiro atoms. The Morgan fingerprint density at radius 3 is 2.71 bits per heavy atom. The lowest BCUT2D eigenvalue weighted by molar-refractivity contribution is 0.722. The number of allylic oxidation sites excluding steroid dienone is 2. The first-order valence-corrected chi connectivity index (χ1v) is 5.39. The average Bonchev–Trinajstić information content (AvgIpc) is 2.12. The Hall–Kier alpha value is -0.750. The normalized spacial score (nSPS) is 13.4. The fourth-order valence-corrected chi connectivity index (χ4v) is 1.72. The van der Waals surface area contributed by atoms with Gasteiger partial charge in [0.15, 0.2) is 0 Å². The monoisotopic (exact) mass is 208 g/mol. The summed E-state index contributed by atoms with van der Waals surface area (Å²) < 4.78 is 0. The number of rotatable bonds is 3. The van der Waals surface area contributed by atoms with E-state index in [2.05, 4.69) is 38.1 Å². The summed E-state index contributed by atoms with van der Waals surface area (Å²) in [5.74, 6) is 0.598. The maximum absolute atomic E-state index is 5.96. The van der Waals surface area contributed by atoms with Gasteiger partial charge in [0.25, 0.3) is 0 Å². The number of halogens is 1. The van der Waals surface area contributed by atoms with Crippen molar-refractivity contribution in [3.63, 3.8) is 0 Å². The van der Waals surface area contributed by atoms with Crippen LogP contribution in [0.3, 0.4) is 0 Å². The minimum Gasteiger partial charge on any atom is -0.0914 e. The molecule has 0 aliphatic carbocycles. The fourth-order valence-electron chi connectivity index (χ4n) is 1.60. The van der Waals surface area contributed by atoms with Gasteiger partial charge >= 0.3 is 0 Å². The first-order chi connectivity index (χ1) is 6.63. The second-order valence-corrected chi connectivity index (χ2v) is 4.20. The molecule has 1 aromatic rings. The molecule has 0 radical (unpaired) electrons. The van der Waals surface area contributed by atoms with Gasteiger partial charge < -0.3 is 0 Å². The molecule has 0 fully saturated rings. The average molecular weight is 209 g/mol. The molecule has 0 nitrogen and oxygen atoms in total. The topological polar surface area (TPSA) is 0 Å². The van der Waals surface area contributed by atoms with Crippen LogP contribution in [0.2, 0.25) is 5.02 Å². The maximum Gasteiger partial charge on any atom is 0.0435 e. The quantitative estimate of drug-likeness (QED) is 0.646. The molecule has 1 heteroatoms. The van der Waals surface area contributed by atoms with Crippen molar-refractivity contribution in [2.75, 3.05) is 0 Å². The standard InChI is InChI=1S/C13H17Cl/c1-4-5-10(2)8-12-6-7-13(14)11(3)9-12/h4-7,9-10H,8H2,1-3H3/b5-4-. The Morgan fingerprint density at radius 2 is 2.14 bits per heavy atom. The van der Waals surface area contributed by atoms with Crippen LogP contribution in [0.4, 0.5) is 0 Å². The predicted molar refractivity (Wildman–Crippen MR) is 63.9 cm³/mol. The summed E-state index contributed by atoms with van der Waals surface area (Å²) in [6.45, 7) is 6.33. The summed E-state index contributed by atoms with van der Waals surface area (Å²) >= 11 is 5.96. The van der Waals surface area contributed by atoms with E-state index in [1.165, 1.54) is 5.56 Å². The number of benzene rings is 1. The number of hydrogen-bond acceptors (Lipinski definition) is 0. The van der Waals surface area contributed by atoms with Gasteiger partial charge in [-0.25, -0.2) is 0 Å². The lowest BCUT2D eigenvalue weighted by Crippen LogP contribution is -1.96. The SMILES string of the molecule is C/C=C\C(C)Cc1ccc(Cl)c(C)c1. The third kappa shape index (κ3) is 3.19. The van der Waals surface area contributed by atoms with Crippen molar-refractivity contribution >= 4 is 11.6 Å². The summed E-state index contributed by atoms with van der Waals surface area (Å²) in [6.07, 6.45) is 5.42. The fraction of sp³-hybridized carbons (Fsp3) is 0.385. The molecule has 14 heavy (non-hydrogen) atoms. The molecule has 1 unspecified atom stereocenters. The Bertz CT molecular complexity index is 326. The molecule has 1 rings (SSSR count). The molecule has 0 aliphatic heterocycles. The molecule has 1 aromatic carbocycles. The van der Waals surface area contributed by atoms with Crippen LogP contribution in [-0.4, -0.2) is 0 Å². The summed E-state index contributed by atoms with van der Waals surface area (Å²) in [5, 5.41) is 0.854. The van der Waals surface area contributed by atoms with E-state index in [1.54, 1.807) is 0 Å². The van der Waals surface area contributed by atoms with Crippen LogP contribution in [0.15, 0.2) is 30.4 Å². The van der Waals surface area contributed by atoms with Crippen molar-refractivity contribution in [1.29, 1.82) is 0 Å².